The number of para-hydroxylation sites is 1. The maximum Gasteiger partial charge on any atom is 0.271 e. The molecule has 0 heterocycles. The molecule has 132 valence electrons. The minimum atomic E-state index is -3.71. The third-order valence-corrected chi connectivity index (χ3v) is 4.64. The predicted molar refractivity (Wildman–Crippen MR) is 95.4 cm³/mol. The molecule has 0 fully saturated rings. The number of hydrogen-bond donors (Lipinski definition) is 1. The maximum atomic E-state index is 12.2. The Kier molecular flexibility index (Phi) is 5.60. The van der Waals surface area contributed by atoms with Gasteiger partial charge < -0.3 is 5.32 Å². The fourth-order valence-electron chi connectivity index (χ4n) is 2.04. The average molecular weight is 384 g/mol. The van der Waals surface area contributed by atoms with Gasteiger partial charge >= 0.3 is 0 Å². The highest BCUT2D eigenvalue weighted by Crippen LogP contribution is 2.27. The summed E-state index contributed by atoms with van der Waals surface area (Å²) < 4.78 is 24.8. The molecule has 10 heteroatoms. The molecule has 0 saturated carbocycles. The minimum absolute atomic E-state index is 0.0300. The summed E-state index contributed by atoms with van der Waals surface area (Å²) >= 11 is 5.92. The van der Waals surface area contributed by atoms with E-state index >= 15 is 0 Å². The van der Waals surface area contributed by atoms with Crippen LogP contribution in [0.1, 0.15) is 0 Å². The van der Waals surface area contributed by atoms with Crippen LogP contribution in [-0.2, 0) is 14.8 Å². The van der Waals surface area contributed by atoms with Gasteiger partial charge in [0.1, 0.15) is 6.54 Å². The van der Waals surface area contributed by atoms with Crippen molar-refractivity contribution < 1.29 is 18.1 Å². The van der Waals surface area contributed by atoms with Gasteiger partial charge in [-0.1, -0.05) is 29.8 Å². The van der Waals surface area contributed by atoms with Crippen molar-refractivity contribution in [2.45, 2.75) is 0 Å². The maximum absolute atomic E-state index is 12.2. The van der Waals surface area contributed by atoms with Crippen LogP contribution in [0.2, 0.25) is 5.02 Å². The van der Waals surface area contributed by atoms with Crippen molar-refractivity contribution in [3.8, 4) is 0 Å². The van der Waals surface area contributed by atoms with Gasteiger partial charge in [-0.2, -0.15) is 0 Å². The molecule has 2 rings (SSSR count). The average Bonchev–Trinajstić information content (AvgIpc) is 2.54. The van der Waals surface area contributed by atoms with Gasteiger partial charge in [-0.05, 0) is 18.2 Å². The topological polar surface area (TPSA) is 110 Å². The number of nitro benzene ring substituents is 1. The first-order valence-electron chi connectivity index (χ1n) is 6.95. The zero-order valence-electron chi connectivity index (χ0n) is 13.0. The lowest BCUT2D eigenvalue weighted by molar-refractivity contribution is -0.384. The third-order valence-electron chi connectivity index (χ3n) is 3.17. The zero-order valence-corrected chi connectivity index (χ0v) is 14.6. The van der Waals surface area contributed by atoms with Crippen LogP contribution in [0.3, 0.4) is 0 Å². The lowest BCUT2D eigenvalue weighted by Gasteiger charge is -2.21. The molecule has 0 aliphatic rings. The summed E-state index contributed by atoms with van der Waals surface area (Å²) in [5.41, 5.74) is 0.107. The number of halogens is 1. The molecule has 25 heavy (non-hydrogen) atoms. The molecule has 0 atom stereocenters. The number of hydrogen-bond acceptors (Lipinski definition) is 5. The summed E-state index contributed by atoms with van der Waals surface area (Å²) in [6.45, 7) is -0.498. The first-order valence-corrected chi connectivity index (χ1v) is 9.17. The summed E-state index contributed by atoms with van der Waals surface area (Å²) in [6.07, 6.45) is 0.980. The van der Waals surface area contributed by atoms with Gasteiger partial charge in [-0.3, -0.25) is 19.2 Å². The molecule has 0 aromatic heterocycles. The molecular weight excluding hydrogens is 370 g/mol. The number of sulfonamides is 1. The van der Waals surface area contributed by atoms with E-state index in [0.29, 0.717) is 5.69 Å². The Morgan fingerprint density at radius 2 is 1.88 bits per heavy atom. The van der Waals surface area contributed by atoms with Crippen molar-refractivity contribution in [1.29, 1.82) is 0 Å². The molecule has 0 spiro atoms. The van der Waals surface area contributed by atoms with E-state index in [2.05, 4.69) is 5.32 Å². The second kappa shape index (κ2) is 7.49. The summed E-state index contributed by atoms with van der Waals surface area (Å²) in [5, 5.41) is 13.3. The molecule has 0 bridgehead atoms. The van der Waals surface area contributed by atoms with Gasteiger partial charge in [-0.15, -0.1) is 0 Å². The second-order valence-electron chi connectivity index (χ2n) is 5.07. The number of amides is 1. The van der Waals surface area contributed by atoms with Crippen molar-refractivity contribution in [3.05, 3.63) is 63.7 Å². The summed E-state index contributed by atoms with van der Waals surface area (Å²) in [5.74, 6) is -0.684. The van der Waals surface area contributed by atoms with Crippen LogP contribution in [-0.4, -0.2) is 32.0 Å². The zero-order chi connectivity index (χ0) is 18.6. The number of nitrogens with zero attached hydrogens (tertiary/aromatic N) is 2. The molecule has 0 aliphatic carbocycles. The van der Waals surface area contributed by atoms with E-state index in [1.165, 1.54) is 12.1 Å². The minimum Gasteiger partial charge on any atom is -0.323 e. The van der Waals surface area contributed by atoms with E-state index in [1.807, 2.05) is 0 Å². The van der Waals surface area contributed by atoms with Crippen LogP contribution in [0.25, 0.3) is 0 Å². The Bertz CT molecular complexity index is 903. The summed E-state index contributed by atoms with van der Waals surface area (Å²) in [4.78, 5) is 22.4. The number of carbonyl (C=O) groups is 1. The Labute approximate surface area is 149 Å². The quantitative estimate of drug-likeness (QED) is 0.609. The Balaban J connectivity index is 2.23. The monoisotopic (exact) mass is 383 g/mol. The van der Waals surface area contributed by atoms with Gasteiger partial charge in [-0.25, -0.2) is 8.42 Å². The standard InChI is InChI=1S/C15H14ClN3O5S/c1-25(23,24)18(11-5-3-2-4-6-11)10-15(20)17-14-9-12(19(21)22)7-8-13(14)16/h2-9H,10H2,1H3,(H,17,20). The van der Waals surface area contributed by atoms with E-state index in [4.69, 9.17) is 11.6 Å². The van der Waals surface area contributed by atoms with Crippen LogP contribution >= 0.6 is 11.6 Å². The highest BCUT2D eigenvalue weighted by Gasteiger charge is 2.21. The van der Waals surface area contributed by atoms with E-state index in [-0.39, 0.29) is 16.4 Å². The van der Waals surface area contributed by atoms with E-state index < -0.39 is 27.4 Å². The molecule has 1 amide bonds. The van der Waals surface area contributed by atoms with E-state index in [9.17, 15) is 23.3 Å². The van der Waals surface area contributed by atoms with E-state index in [1.54, 1.807) is 30.3 Å². The third kappa shape index (κ3) is 4.91. The Morgan fingerprint density at radius 3 is 2.44 bits per heavy atom. The van der Waals surface area contributed by atoms with Crippen molar-refractivity contribution in [2.75, 3.05) is 22.4 Å². The Morgan fingerprint density at radius 1 is 1.24 bits per heavy atom. The smallest absolute Gasteiger partial charge is 0.271 e. The first kappa shape index (κ1) is 18.7. The summed E-state index contributed by atoms with van der Waals surface area (Å²) in [7, 11) is -3.71. The van der Waals surface area contributed by atoms with Crippen LogP contribution in [0, 0.1) is 10.1 Å². The summed E-state index contributed by atoms with van der Waals surface area (Å²) in [6, 6.07) is 11.7. The van der Waals surface area contributed by atoms with Gasteiger partial charge in [0.15, 0.2) is 0 Å². The fraction of sp³-hybridized carbons (Fsp3) is 0.133. The molecule has 8 nitrogen and oxygen atoms in total. The van der Waals surface area contributed by atoms with Gasteiger partial charge in [0.05, 0.1) is 27.6 Å². The molecule has 1 N–H and O–H groups in total. The fourth-order valence-corrected chi connectivity index (χ4v) is 3.06. The van der Waals surface area contributed by atoms with Gasteiger partial charge in [0.25, 0.3) is 5.69 Å². The number of non-ortho nitro benzene ring substituents is 1. The molecule has 0 aliphatic heterocycles. The lowest BCUT2D eigenvalue weighted by Crippen LogP contribution is -2.37. The Hall–Kier alpha value is -2.65. The number of nitrogens with one attached hydrogen (secondary N) is 1. The van der Waals surface area contributed by atoms with Crippen LogP contribution in [0.4, 0.5) is 17.1 Å². The largest absolute Gasteiger partial charge is 0.323 e. The number of carbonyl (C=O) groups excluding carboxylic acids is 1. The molecule has 2 aromatic carbocycles. The molecule has 0 radical (unpaired) electrons. The van der Waals surface area contributed by atoms with Crippen LogP contribution < -0.4 is 9.62 Å². The van der Waals surface area contributed by atoms with Crippen molar-refractivity contribution in [1.82, 2.24) is 0 Å². The van der Waals surface area contributed by atoms with Crippen molar-refractivity contribution in [3.63, 3.8) is 0 Å². The molecular formula is C15H14ClN3O5S. The van der Waals surface area contributed by atoms with E-state index in [0.717, 1.165) is 16.6 Å². The second-order valence-corrected chi connectivity index (χ2v) is 7.39. The normalized spacial score (nSPS) is 11.0. The molecule has 2 aromatic rings. The number of anilines is 2. The van der Waals surface area contributed by atoms with Crippen molar-refractivity contribution >= 4 is 44.6 Å². The van der Waals surface area contributed by atoms with Crippen molar-refractivity contribution in [2.24, 2.45) is 0 Å². The van der Waals surface area contributed by atoms with Crippen LogP contribution in [0.5, 0.6) is 0 Å². The number of benzene rings is 2. The molecule has 0 unspecified atom stereocenters. The lowest BCUT2D eigenvalue weighted by atomic mass is 10.2. The first-order chi connectivity index (χ1) is 11.7. The predicted octanol–water partition coefficient (Wildman–Crippen LogP) is 2.65. The number of rotatable bonds is 6. The van der Waals surface area contributed by atoms with Gasteiger partial charge in [0, 0.05) is 12.1 Å². The highest BCUT2D eigenvalue weighted by molar-refractivity contribution is 7.92. The highest BCUT2D eigenvalue weighted by atomic mass is 35.5. The van der Waals surface area contributed by atoms with Gasteiger partial charge in [0.2, 0.25) is 15.9 Å². The molecule has 0 saturated heterocycles. The SMILES string of the molecule is CS(=O)(=O)N(CC(=O)Nc1cc([N+](=O)[O-])ccc1Cl)c1ccccc1. The van der Waals surface area contributed by atoms with Crippen LogP contribution in [0.15, 0.2) is 48.5 Å². The number of nitro groups is 1.